The lowest BCUT2D eigenvalue weighted by atomic mass is 10.1. The molecule has 0 saturated carbocycles. The van der Waals surface area contributed by atoms with Gasteiger partial charge in [0, 0.05) is 11.3 Å². The van der Waals surface area contributed by atoms with Crippen molar-refractivity contribution in [3.05, 3.63) is 23.8 Å². The van der Waals surface area contributed by atoms with Crippen LogP contribution in [0.4, 0.5) is 5.69 Å². The van der Waals surface area contributed by atoms with E-state index < -0.39 is 0 Å². The first kappa shape index (κ1) is 10.6. The summed E-state index contributed by atoms with van der Waals surface area (Å²) in [5.41, 5.74) is 8.64. The van der Waals surface area contributed by atoms with Crippen LogP contribution in [0.2, 0.25) is 0 Å². The largest absolute Gasteiger partial charge is 0.398 e. The summed E-state index contributed by atoms with van der Waals surface area (Å²) < 4.78 is 1.78. The number of nitrogens with zero attached hydrogens (tertiary/aromatic N) is 4. The Hall–Kier alpha value is -1.91. The highest BCUT2D eigenvalue weighted by molar-refractivity contribution is 5.63. The quantitative estimate of drug-likeness (QED) is 0.779. The van der Waals surface area contributed by atoms with Crippen molar-refractivity contribution in [2.45, 2.75) is 26.8 Å². The second-order valence-corrected chi connectivity index (χ2v) is 4.11. The van der Waals surface area contributed by atoms with E-state index >= 15 is 0 Å². The summed E-state index contributed by atoms with van der Waals surface area (Å²) in [7, 11) is 0. The van der Waals surface area contributed by atoms with Gasteiger partial charge in [-0.2, -0.15) is 0 Å². The monoisotopic (exact) mass is 217 g/mol. The third-order valence-corrected chi connectivity index (χ3v) is 2.52. The van der Waals surface area contributed by atoms with Crippen LogP contribution in [-0.4, -0.2) is 20.2 Å². The first-order chi connectivity index (χ1) is 7.59. The molecule has 16 heavy (non-hydrogen) atoms. The van der Waals surface area contributed by atoms with Crippen LogP contribution in [0.1, 0.15) is 25.5 Å². The van der Waals surface area contributed by atoms with Gasteiger partial charge in [-0.1, -0.05) is 12.1 Å². The van der Waals surface area contributed by atoms with Gasteiger partial charge in [-0.3, -0.25) is 0 Å². The Kier molecular flexibility index (Phi) is 2.60. The molecule has 0 amide bonds. The molecule has 2 rings (SSSR count). The van der Waals surface area contributed by atoms with E-state index in [0.29, 0.717) is 0 Å². The third kappa shape index (κ3) is 1.76. The van der Waals surface area contributed by atoms with Crippen LogP contribution in [0.25, 0.3) is 11.4 Å². The summed E-state index contributed by atoms with van der Waals surface area (Å²) >= 11 is 0. The van der Waals surface area contributed by atoms with Crippen LogP contribution in [0.15, 0.2) is 18.2 Å². The molecule has 1 aromatic carbocycles. The highest BCUT2D eigenvalue weighted by Crippen LogP contribution is 2.22. The summed E-state index contributed by atoms with van der Waals surface area (Å²) in [5, 5.41) is 11.7. The van der Waals surface area contributed by atoms with Gasteiger partial charge in [0.1, 0.15) is 0 Å². The third-order valence-electron chi connectivity index (χ3n) is 2.52. The van der Waals surface area contributed by atoms with Crippen molar-refractivity contribution in [3.8, 4) is 11.4 Å². The SMILES string of the molecule is Cc1ccc(-c2nnnn2C(C)C)cc1N. The van der Waals surface area contributed by atoms with Gasteiger partial charge in [-0.15, -0.1) is 5.10 Å². The zero-order chi connectivity index (χ0) is 11.7. The molecule has 1 aromatic heterocycles. The van der Waals surface area contributed by atoms with Crippen LogP contribution in [0.5, 0.6) is 0 Å². The van der Waals surface area contributed by atoms with Gasteiger partial charge < -0.3 is 5.73 Å². The molecule has 0 aliphatic carbocycles. The number of nitrogen functional groups attached to an aromatic ring is 1. The Morgan fingerprint density at radius 3 is 2.69 bits per heavy atom. The number of nitrogens with two attached hydrogens (primary N) is 1. The number of tetrazole rings is 1. The summed E-state index contributed by atoms with van der Waals surface area (Å²) in [6.45, 7) is 6.05. The minimum Gasteiger partial charge on any atom is -0.398 e. The van der Waals surface area contributed by atoms with Crippen LogP contribution in [0, 0.1) is 6.92 Å². The maximum absolute atomic E-state index is 5.88. The molecule has 5 nitrogen and oxygen atoms in total. The zero-order valence-corrected chi connectivity index (χ0v) is 9.68. The number of benzene rings is 1. The van der Waals surface area contributed by atoms with Crippen molar-refractivity contribution >= 4 is 5.69 Å². The number of hydrogen-bond donors (Lipinski definition) is 1. The van der Waals surface area contributed by atoms with E-state index in [9.17, 15) is 0 Å². The van der Waals surface area contributed by atoms with Crippen molar-refractivity contribution in [1.82, 2.24) is 20.2 Å². The van der Waals surface area contributed by atoms with Gasteiger partial charge in [-0.25, -0.2) is 4.68 Å². The molecule has 0 unspecified atom stereocenters. The minimum absolute atomic E-state index is 0.229. The van der Waals surface area contributed by atoms with E-state index in [2.05, 4.69) is 15.5 Å². The summed E-state index contributed by atoms with van der Waals surface area (Å²) in [6, 6.07) is 6.09. The lowest BCUT2D eigenvalue weighted by Gasteiger charge is -2.08. The van der Waals surface area contributed by atoms with Crippen LogP contribution < -0.4 is 5.73 Å². The Balaban J connectivity index is 2.50. The zero-order valence-electron chi connectivity index (χ0n) is 9.68. The Morgan fingerprint density at radius 1 is 1.31 bits per heavy atom. The average molecular weight is 217 g/mol. The summed E-state index contributed by atoms with van der Waals surface area (Å²) in [5.74, 6) is 0.752. The molecule has 0 radical (unpaired) electrons. The van der Waals surface area contributed by atoms with E-state index in [1.807, 2.05) is 39.0 Å². The van der Waals surface area contributed by atoms with Crippen LogP contribution in [0.3, 0.4) is 0 Å². The van der Waals surface area contributed by atoms with Gasteiger partial charge in [0.25, 0.3) is 0 Å². The normalized spacial score (nSPS) is 11.0. The van der Waals surface area contributed by atoms with Gasteiger partial charge in [0.05, 0.1) is 6.04 Å². The molecule has 0 spiro atoms. The number of anilines is 1. The van der Waals surface area contributed by atoms with E-state index in [4.69, 9.17) is 5.73 Å². The first-order valence-electron chi connectivity index (χ1n) is 5.24. The molecule has 2 aromatic rings. The molecular weight excluding hydrogens is 202 g/mol. The van der Waals surface area contributed by atoms with Gasteiger partial charge in [0.2, 0.25) is 0 Å². The van der Waals surface area contributed by atoms with Crippen molar-refractivity contribution in [1.29, 1.82) is 0 Å². The molecule has 0 bridgehead atoms. The second kappa shape index (κ2) is 3.92. The maximum atomic E-state index is 5.88. The fraction of sp³-hybridized carbons (Fsp3) is 0.364. The topological polar surface area (TPSA) is 69.6 Å². The number of hydrogen-bond acceptors (Lipinski definition) is 4. The maximum Gasteiger partial charge on any atom is 0.182 e. The fourth-order valence-corrected chi connectivity index (χ4v) is 1.51. The molecule has 0 fully saturated rings. The fourth-order valence-electron chi connectivity index (χ4n) is 1.51. The standard InChI is InChI=1S/C11H15N5/c1-7(2)16-11(13-14-15-16)9-5-4-8(3)10(12)6-9/h4-7H,12H2,1-3H3. The van der Waals surface area contributed by atoms with Crippen LogP contribution in [-0.2, 0) is 0 Å². The van der Waals surface area contributed by atoms with Crippen molar-refractivity contribution in [2.24, 2.45) is 0 Å². The van der Waals surface area contributed by atoms with Crippen molar-refractivity contribution < 1.29 is 0 Å². The average Bonchev–Trinajstić information content (AvgIpc) is 2.71. The predicted molar refractivity (Wildman–Crippen MR) is 62.8 cm³/mol. The molecule has 5 heteroatoms. The van der Waals surface area contributed by atoms with Crippen molar-refractivity contribution in [3.63, 3.8) is 0 Å². The molecule has 84 valence electrons. The predicted octanol–water partition coefficient (Wildman–Crippen LogP) is 1.81. The first-order valence-corrected chi connectivity index (χ1v) is 5.24. The number of aromatic nitrogens is 4. The molecule has 0 aliphatic rings. The van der Waals surface area contributed by atoms with Crippen LogP contribution >= 0.6 is 0 Å². The van der Waals surface area contributed by atoms with Gasteiger partial charge in [-0.05, 0) is 42.8 Å². The Morgan fingerprint density at radius 2 is 2.06 bits per heavy atom. The van der Waals surface area contributed by atoms with Gasteiger partial charge in [0.15, 0.2) is 5.82 Å². The highest BCUT2D eigenvalue weighted by atomic mass is 15.5. The molecule has 0 saturated heterocycles. The van der Waals surface area contributed by atoms with E-state index in [1.165, 1.54) is 0 Å². The number of rotatable bonds is 2. The summed E-state index contributed by atoms with van der Waals surface area (Å²) in [6.07, 6.45) is 0. The molecular formula is C11H15N5. The number of aryl methyl sites for hydroxylation is 1. The van der Waals surface area contributed by atoms with Gasteiger partial charge >= 0.3 is 0 Å². The van der Waals surface area contributed by atoms with E-state index in [0.717, 1.165) is 22.6 Å². The smallest absolute Gasteiger partial charge is 0.182 e. The lowest BCUT2D eigenvalue weighted by Crippen LogP contribution is -2.05. The lowest BCUT2D eigenvalue weighted by molar-refractivity contribution is 0.519. The summed E-state index contributed by atoms with van der Waals surface area (Å²) in [4.78, 5) is 0. The second-order valence-electron chi connectivity index (χ2n) is 4.11. The minimum atomic E-state index is 0.229. The van der Waals surface area contributed by atoms with E-state index in [1.54, 1.807) is 4.68 Å². The van der Waals surface area contributed by atoms with Crippen molar-refractivity contribution in [2.75, 3.05) is 5.73 Å². The molecule has 0 aliphatic heterocycles. The molecule has 1 heterocycles. The molecule has 2 N–H and O–H groups in total. The Labute approximate surface area is 94.3 Å². The Bertz CT molecular complexity index is 501. The molecule has 0 atom stereocenters. The van der Waals surface area contributed by atoms with E-state index in [-0.39, 0.29) is 6.04 Å². The highest BCUT2D eigenvalue weighted by Gasteiger charge is 2.11.